The zero-order valence-corrected chi connectivity index (χ0v) is 29.2. The first-order valence-corrected chi connectivity index (χ1v) is 16.7. The van der Waals surface area contributed by atoms with Gasteiger partial charge in [-0.2, -0.15) is 15.6 Å². The van der Waals surface area contributed by atoms with Crippen molar-refractivity contribution in [2.24, 2.45) is 0 Å². The molecule has 0 saturated carbocycles. The fourth-order valence-electron chi connectivity index (χ4n) is 6.39. The van der Waals surface area contributed by atoms with Gasteiger partial charge in [-0.3, -0.25) is 14.5 Å². The fraction of sp³-hybridized carbons (Fsp3) is 0.368. The Bertz CT molecular complexity index is 2080. The van der Waals surface area contributed by atoms with E-state index in [2.05, 4.69) is 17.5 Å². The number of carbonyl (C=O) groups excluding carboxylic acids is 3. The lowest BCUT2D eigenvalue weighted by Gasteiger charge is -2.42. The summed E-state index contributed by atoms with van der Waals surface area (Å²) in [4.78, 5) is 44.6. The number of nitrogens with zero attached hydrogens (tertiary/aromatic N) is 6. The molecular formula is C38H39N7O6. The van der Waals surface area contributed by atoms with Crippen LogP contribution in [0.3, 0.4) is 0 Å². The van der Waals surface area contributed by atoms with Gasteiger partial charge in [-0.1, -0.05) is 30.3 Å². The van der Waals surface area contributed by atoms with Crippen molar-refractivity contribution in [2.45, 2.75) is 70.4 Å². The van der Waals surface area contributed by atoms with Crippen molar-refractivity contribution in [1.29, 1.82) is 10.5 Å². The Morgan fingerprint density at radius 3 is 2.47 bits per heavy atom. The molecule has 3 heterocycles. The van der Waals surface area contributed by atoms with Crippen LogP contribution in [0.15, 0.2) is 66.7 Å². The molecule has 262 valence electrons. The first kappa shape index (κ1) is 34.9. The number of fused-ring (bicyclic) bond motifs is 2. The number of ether oxygens (including phenoxy) is 3. The number of nitriles is 2. The Morgan fingerprint density at radius 1 is 1.06 bits per heavy atom. The zero-order valence-electron chi connectivity index (χ0n) is 29.2. The predicted molar refractivity (Wildman–Crippen MR) is 187 cm³/mol. The van der Waals surface area contributed by atoms with Crippen molar-refractivity contribution >= 4 is 34.5 Å². The van der Waals surface area contributed by atoms with Gasteiger partial charge in [-0.05, 0) is 58.0 Å². The second kappa shape index (κ2) is 13.8. The van der Waals surface area contributed by atoms with Crippen molar-refractivity contribution in [3.8, 4) is 23.6 Å². The molecule has 1 saturated heterocycles. The Hall–Kier alpha value is -5.92. The first-order chi connectivity index (χ1) is 24.4. The molecule has 1 aromatic heterocycles. The topological polar surface area (TPSA) is 163 Å². The standard InChI is InChI=1S/C38H39N7O6/c1-24(43(5)36(48)51-37(2,3)4)34(46)41-33-35(47)44(31-15-14-25(21-39)20-32(31)50-38(33)16-18-49-19-17-38)23-28-27-11-7-9-13-30(27)45(42-28)29-12-8-6-10-26(29)22-40/h6-15,20,24,33H,16-19,23H2,1-5H3,(H,41,46)/t24-,33+/m0/s1. The monoisotopic (exact) mass is 689 g/mol. The van der Waals surface area contributed by atoms with E-state index in [-0.39, 0.29) is 32.6 Å². The average molecular weight is 690 g/mol. The highest BCUT2D eigenvalue weighted by atomic mass is 16.6. The third-order valence-electron chi connectivity index (χ3n) is 9.22. The number of hydrogen-bond donors (Lipinski definition) is 1. The van der Waals surface area contributed by atoms with E-state index in [9.17, 15) is 20.1 Å². The number of aromatic nitrogens is 2. The summed E-state index contributed by atoms with van der Waals surface area (Å²) in [5.41, 5.74) is 1.01. The van der Waals surface area contributed by atoms with Crippen molar-refractivity contribution in [3.63, 3.8) is 0 Å². The van der Waals surface area contributed by atoms with Crippen LogP contribution in [0.1, 0.15) is 57.4 Å². The number of hydrogen-bond acceptors (Lipinski definition) is 9. The van der Waals surface area contributed by atoms with E-state index in [4.69, 9.17) is 19.3 Å². The maximum Gasteiger partial charge on any atom is 0.410 e. The highest BCUT2D eigenvalue weighted by molar-refractivity contribution is 6.03. The summed E-state index contributed by atoms with van der Waals surface area (Å²) in [5.74, 6) is -0.738. The minimum atomic E-state index is -1.24. The summed E-state index contributed by atoms with van der Waals surface area (Å²) in [5, 5.41) is 28.3. The lowest BCUT2D eigenvalue weighted by molar-refractivity contribution is -0.139. The Kier molecular flexibility index (Phi) is 9.43. The first-order valence-electron chi connectivity index (χ1n) is 16.7. The summed E-state index contributed by atoms with van der Waals surface area (Å²) >= 11 is 0. The van der Waals surface area contributed by atoms with Crippen LogP contribution in [0.25, 0.3) is 16.6 Å². The molecule has 3 amide bonds. The second-order valence-electron chi connectivity index (χ2n) is 13.7. The molecule has 4 aromatic rings. The number of rotatable bonds is 6. The van der Waals surface area contributed by atoms with Gasteiger partial charge in [0.1, 0.15) is 35.1 Å². The summed E-state index contributed by atoms with van der Waals surface area (Å²) in [7, 11) is 1.46. The van der Waals surface area contributed by atoms with Gasteiger partial charge in [-0.15, -0.1) is 0 Å². The molecule has 2 aliphatic rings. The molecule has 3 aromatic carbocycles. The molecule has 6 rings (SSSR count). The van der Waals surface area contributed by atoms with Crippen molar-refractivity contribution < 1.29 is 28.6 Å². The maximum atomic E-state index is 15.0. The third kappa shape index (κ3) is 6.81. The minimum absolute atomic E-state index is 0.0321. The van der Waals surface area contributed by atoms with Gasteiger partial charge in [0.05, 0.1) is 59.5 Å². The van der Waals surface area contributed by atoms with Gasteiger partial charge >= 0.3 is 6.09 Å². The van der Waals surface area contributed by atoms with E-state index in [1.165, 1.54) is 16.8 Å². The van der Waals surface area contributed by atoms with Crippen LogP contribution in [-0.4, -0.2) is 76.1 Å². The highest BCUT2D eigenvalue weighted by Crippen LogP contribution is 2.42. The summed E-state index contributed by atoms with van der Waals surface area (Å²) in [6.45, 7) is 7.27. The predicted octanol–water partition coefficient (Wildman–Crippen LogP) is 4.98. The van der Waals surface area contributed by atoms with E-state index in [1.54, 1.807) is 68.8 Å². The van der Waals surface area contributed by atoms with E-state index < -0.39 is 41.2 Å². The largest absolute Gasteiger partial charge is 0.482 e. The molecule has 13 heteroatoms. The molecule has 2 aliphatic heterocycles. The Morgan fingerprint density at radius 2 is 1.76 bits per heavy atom. The van der Waals surface area contributed by atoms with E-state index in [0.29, 0.717) is 33.9 Å². The minimum Gasteiger partial charge on any atom is -0.482 e. The van der Waals surface area contributed by atoms with Crippen LogP contribution < -0.4 is 15.0 Å². The lowest BCUT2D eigenvalue weighted by atomic mass is 9.84. The number of carbonyl (C=O) groups is 3. The molecule has 0 aliphatic carbocycles. The van der Waals surface area contributed by atoms with Crippen LogP contribution in [-0.2, 0) is 25.6 Å². The van der Waals surface area contributed by atoms with Gasteiger partial charge in [0.2, 0.25) is 5.91 Å². The maximum absolute atomic E-state index is 15.0. The third-order valence-corrected chi connectivity index (χ3v) is 9.22. The fourth-order valence-corrected chi connectivity index (χ4v) is 6.39. The van der Waals surface area contributed by atoms with E-state index in [1.807, 2.05) is 30.3 Å². The molecule has 0 radical (unpaired) electrons. The number of amides is 3. The number of nitrogens with one attached hydrogen (secondary N) is 1. The number of benzene rings is 3. The molecule has 0 bridgehead atoms. The van der Waals surface area contributed by atoms with Crippen LogP contribution in [0.5, 0.6) is 5.75 Å². The molecule has 51 heavy (non-hydrogen) atoms. The molecule has 1 fully saturated rings. The number of anilines is 1. The van der Waals surface area contributed by atoms with E-state index >= 15 is 4.79 Å². The van der Waals surface area contributed by atoms with Crippen LogP contribution in [0.2, 0.25) is 0 Å². The molecule has 1 spiro atoms. The van der Waals surface area contributed by atoms with E-state index in [0.717, 1.165) is 10.9 Å². The van der Waals surface area contributed by atoms with Crippen molar-refractivity contribution in [3.05, 3.63) is 83.6 Å². The van der Waals surface area contributed by atoms with Gasteiger partial charge < -0.3 is 24.4 Å². The Balaban J connectivity index is 1.44. The van der Waals surface area contributed by atoms with Crippen molar-refractivity contribution in [1.82, 2.24) is 20.0 Å². The second-order valence-corrected chi connectivity index (χ2v) is 13.7. The quantitative estimate of drug-likeness (QED) is 0.294. The van der Waals surface area contributed by atoms with Gasteiger partial charge in [0, 0.05) is 31.3 Å². The summed E-state index contributed by atoms with van der Waals surface area (Å²) in [6, 6.07) is 21.7. The molecule has 2 atom stereocenters. The smallest absolute Gasteiger partial charge is 0.410 e. The molecule has 1 N–H and O–H groups in total. The van der Waals surface area contributed by atoms with Gasteiger partial charge in [-0.25, -0.2) is 9.48 Å². The molecular weight excluding hydrogens is 650 g/mol. The summed E-state index contributed by atoms with van der Waals surface area (Å²) < 4.78 is 19.6. The number of para-hydroxylation sites is 2. The SMILES string of the molecule is C[C@@H](C(=O)N[C@@H]1C(=O)N(Cc2nn(-c3ccccc3C#N)c3ccccc23)c2ccc(C#N)cc2OC12CCOCC2)N(C)C(=O)OC(C)(C)C. The lowest BCUT2D eigenvalue weighted by Crippen LogP contribution is -2.65. The summed E-state index contributed by atoms with van der Waals surface area (Å²) in [6.07, 6.45) is -0.146. The zero-order chi connectivity index (χ0) is 36.5. The Labute approximate surface area is 295 Å². The normalized spacial score (nSPS) is 17.4. The van der Waals surface area contributed by atoms with Crippen LogP contribution in [0, 0.1) is 22.7 Å². The average Bonchev–Trinajstić information content (AvgIpc) is 3.46. The van der Waals surface area contributed by atoms with Crippen LogP contribution in [0.4, 0.5) is 10.5 Å². The number of likely N-dealkylation sites (N-methyl/N-ethyl adjacent to an activating group) is 1. The molecule has 13 nitrogen and oxygen atoms in total. The molecule has 0 unspecified atom stereocenters. The van der Waals surface area contributed by atoms with Gasteiger partial charge in [0.15, 0.2) is 0 Å². The highest BCUT2D eigenvalue weighted by Gasteiger charge is 2.52. The van der Waals surface area contributed by atoms with Crippen LogP contribution >= 0.6 is 0 Å². The van der Waals surface area contributed by atoms with Gasteiger partial charge in [0.25, 0.3) is 5.91 Å². The van der Waals surface area contributed by atoms with Crippen molar-refractivity contribution in [2.75, 3.05) is 25.2 Å².